The fourth-order valence-electron chi connectivity index (χ4n) is 1.89. The van der Waals surface area contributed by atoms with Gasteiger partial charge in [-0.05, 0) is 17.7 Å². The molecule has 20 heavy (non-hydrogen) atoms. The summed E-state index contributed by atoms with van der Waals surface area (Å²) in [5, 5.41) is 3.98. The topological polar surface area (TPSA) is 56.5 Å². The second-order valence-electron chi connectivity index (χ2n) is 4.28. The molecular formula is C15H17ClN2O2. The maximum atomic E-state index is 5.99. The lowest BCUT2D eigenvalue weighted by atomic mass is 10.2. The monoisotopic (exact) mass is 292 g/mol. The van der Waals surface area contributed by atoms with Gasteiger partial charge in [0.2, 0.25) is 0 Å². The number of anilines is 2. The molecule has 106 valence electrons. The lowest BCUT2D eigenvalue weighted by Gasteiger charge is -2.14. The molecule has 0 saturated carbocycles. The number of benzene rings is 2. The van der Waals surface area contributed by atoms with Gasteiger partial charge in [-0.2, -0.15) is 0 Å². The van der Waals surface area contributed by atoms with Gasteiger partial charge < -0.3 is 20.5 Å². The van der Waals surface area contributed by atoms with Crippen molar-refractivity contribution in [3.05, 3.63) is 47.0 Å². The van der Waals surface area contributed by atoms with Crippen LogP contribution in [-0.4, -0.2) is 14.2 Å². The van der Waals surface area contributed by atoms with Crippen molar-refractivity contribution in [1.29, 1.82) is 0 Å². The Hall–Kier alpha value is -2.07. The molecule has 0 radical (unpaired) electrons. The molecule has 5 heteroatoms. The molecule has 2 aromatic rings. The van der Waals surface area contributed by atoms with Crippen LogP contribution in [0, 0.1) is 0 Å². The maximum Gasteiger partial charge on any atom is 0.162 e. The molecular weight excluding hydrogens is 276 g/mol. The van der Waals surface area contributed by atoms with Gasteiger partial charge in [0.1, 0.15) is 0 Å². The van der Waals surface area contributed by atoms with E-state index in [1.165, 1.54) is 0 Å². The summed E-state index contributed by atoms with van der Waals surface area (Å²) in [6.07, 6.45) is 0. The zero-order valence-corrected chi connectivity index (χ0v) is 12.2. The second kappa shape index (κ2) is 6.39. The summed E-state index contributed by atoms with van der Waals surface area (Å²) in [4.78, 5) is 0. The first kappa shape index (κ1) is 14.3. The highest BCUT2D eigenvalue weighted by Crippen LogP contribution is 2.35. The number of hydrogen-bond donors (Lipinski definition) is 2. The van der Waals surface area contributed by atoms with E-state index in [1.54, 1.807) is 20.3 Å². The van der Waals surface area contributed by atoms with Gasteiger partial charge in [-0.15, -0.1) is 0 Å². The number of hydrogen-bond acceptors (Lipinski definition) is 4. The minimum Gasteiger partial charge on any atom is -0.493 e. The fourth-order valence-corrected chi connectivity index (χ4v) is 2.10. The molecule has 2 aromatic carbocycles. The van der Waals surface area contributed by atoms with Gasteiger partial charge in [0.05, 0.1) is 25.6 Å². The van der Waals surface area contributed by atoms with Crippen LogP contribution < -0.4 is 20.5 Å². The largest absolute Gasteiger partial charge is 0.493 e. The Kier molecular flexibility index (Phi) is 4.58. The first-order chi connectivity index (χ1) is 9.63. The van der Waals surface area contributed by atoms with E-state index in [0.717, 1.165) is 11.3 Å². The molecule has 0 saturated heterocycles. The van der Waals surface area contributed by atoms with Crippen LogP contribution in [0.5, 0.6) is 11.5 Å². The van der Waals surface area contributed by atoms with E-state index >= 15 is 0 Å². The highest BCUT2D eigenvalue weighted by atomic mass is 35.5. The number of nitrogen functional groups attached to an aromatic ring is 1. The van der Waals surface area contributed by atoms with Crippen LogP contribution in [-0.2, 0) is 6.54 Å². The third-order valence-corrected chi connectivity index (χ3v) is 3.16. The molecule has 0 amide bonds. The van der Waals surface area contributed by atoms with Gasteiger partial charge in [-0.25, -0.2) is 0 Å². The van der Waals surface area contributed by atoms with Crippen LogP contribution in [0.15, 0.2) is 36.4 Å². The Labute approximate surface area is 123 Å². The molecule has 0 atom stereocenters. The Bertz CT molecular complexity index is 602. The molecule has 3 N–H and O–H groups in total. The van der Waals surface area contributed by atoms with Gasteiger partial charge >= 0.3 is 0 Å². The SMILES string of the molecule is COc1cc(N)c(NCc2cccc(Cl)c2)cc1OC. The molecule has 2 rings (SSSR count). The smallest absolute Gasteiger partial charge is 0.162 e. The van der Waals surface area contributed by atoms with Crippen LogP contribution >= 0.6 is 11.6 Å². The van der Waals surface area contributed by atoms with Crippen LogP contribution in [0.3, 0.4) is 0 Å². The van der Waals surface area contributed by atoms with Gasteiger partial charge in [0.25, 0.3) is 0 Å². The number of methoxy groups -OCH3 is 2. The van der Waals surface area contributed by atoms with Crippen LogP contribution in [0.1, 0.15) is 5.56 Å². The molecule has 0 bridgehead atoms. The van der Waals surface area contributed by atoms with Gasteiger partial charge in [0, 0.05) is 23.7 Å². The maximum absolute atomic E-state index is 5.99. The molecule has 0 fully saturated rings. The van der Waals surface area contributed by atoms with E-state index in [2.05, 4.69) is 5.32 Å². The predicted molar refractivity (Wildman–Crippen MR) is 82.7 cm³/mol. The zero-order chi connectivity index (χ0) is 14.5. The first-order valence-corrected chi connectivity index (χ1v) is 6.51. The van der Waals surface area contributed by atoms with Crippen LogP contribution in [0.4, 0.5) is 11.4 Å². The van der Waals surface area contributed by atoms with Crippen molar-refractivity contribution in [2.45, 2.75) is 6.54 Å². The van der Waals surface area contributed by atoms with E-state index in [0.29, 0.717) is 28.8 Å². The predicted octanol–water partition coefficient (Wildman–Crippen LogP) is 3.55. The normalized spacial score (nSPS) is 10.2. The van der Waals surface area contributed by atoms with Crippen molar-refractivity contribution >= 4 is 23.0 Å². The summed E-state index contributed by atoms with van der Waals surface area (Å²) < 4.78 is 10.5. The summed E-state index contributed by atoms with van der Waals surface area (Å²) in [5.41, 5.74) is 8.46. The number of nitrogens with two attached hydrogens (primary N) is 1. The van der Waals surface area contributed by atoms with Crippen molar-refractivity contribution in [2.24, 2.45) is 0 Å². The number of nitrogens with one attached hydrogen (secondary N) is 1. The highest BCUT2D eigenvalue weighted by Gasteiger charge is 2.08. The van der Waals surface area contributed by atoms with Crippen molar-refractivity contribution < 1.29 is 9.47 Å². The fraction of sp³-hybridized carbons (Fsp3) is 0.200. The van der Waals surface area contributed by atoms with Gasteiger partial charge in [0.15, 0.2) is 11.5 Å². The molecule has 0 unspecified atom stereocenters. The zero-order valence-electron chi connectivity index (χ0n) is 11.4. The number of halogens is 1. The summed E-state index contributed by atoms with van der Waals surface area (Å²) in [6, 6.07) is 11.2. The summed E-state index contributed by atoms with van der Waals surface area (Å²) in [5.74, 6) is 1.24. The Morgan fingerprint density at radius 1 is 1.10 bits per heavy atom. The van der Waals surface area contributed by atoms with E-state index < -0.39 is 0 Å². The van der Waals surface area contributed by atoms with Gasteiger partial charge in [-0.3, -0.25) is 0 Å². The molecule has 0 aromatic heterocycles. The molecule has 0 aliphatic rings. The molecule has 0 heterocycles. The van der Waals surface area contributed by atoms with Crippen molar-refractivity contribution in [2.75, 3.05) is 25.3 Å². The van der Waals surface area contributed by atoms with E-state index in [-0.39, 0.29) is 0 Å². The Morgan fingerprint density at radius 2 is 1.80 bits per heavy atom. The quantitative estimate of drug-likeness (QED) is 0.828. The van der Waals surface area contributed by atoms with E-state index in [4.69, 9.17) is 26.8 Å². The summed E-state index contributed by atoms with van der Waals surface area (Å²) >= 11 is 5.96. The van der Waals surface area contributed by atoms with Crippen molar-refractivity contribution in [1.82, 2.24) is 0 Å². The lowest BCUT2D eigenvalue weighted by molar-refractivity contribution is 0.355. The van der Waals surface area contributed by atoms with E-state index in [1.807, 2.05) is 30.3 Å². The highest BCUT2D eigenvalue weighted by molar-refractivity contribution is 6.30. The first-order valence-electron chi connectivity index (χ1n) is 6.14. The average molecular weight is 293 g/mol. The molecule has 0 aliphatic carbocycles. The average Bonchev–Trinajstić information content (AvgIpc) is 2.45. The number of ether oxygens (including phenoxy) is 2. The molecule has 0 aliphatic heterocycles. The molecule has 0 spiro atoms. The minimum absolute atomic E-state index is 0.602. The van der Waals surface area contributed by atoms with Crippen LogP contribution in [0.2, 0.25) is 5.02 Å². The van der Waals surface area contributed by atoms with Crippen molar-refractivity contribution in [3.63, 3.8) is 0 Å². The van der Waals surface area contributed by atoms with Crippen LogP contribution in [0.25, 0.3) is 0 Å². The molecule has 4 nitrogen and oxygen atoms in total. The number of rotatable bonds is 5. The van der Waals surface area contributed by atoms with Crippen molar-refractivity contribution in [3.8, 4) is 11.5 Å². The minimum atomic E-state index is 0.602. The second-order valence-corrected chi connectivity index (χ2v) is 4.71. The van der Waals surface area contributed by atoms with E-state index in [9.17, 15) is 0 Å². The standard InChI is InChI=1S/C15H17ClN2O2/c1-19-14-7-12(17)13(8-15(14)20-2)18-9-10-4-3-5-11(16)6-10/h3-8,18H,9,17H2,1-2H3. The Balaban J connectivity index is 2.17. The Morgan fingerprint density at radius 3 is 2.45 bits per heavy atom. The summed E-state index contributed by atoms with van der Waals surface area (Å²) in [6.45, 7) is 0.625. The summed E-state index contributed by atoms with van der Waals surface area (Å²) in [7, 11) is 3.17. The lowest BCUT2D eigenvalue weighted by Crippen LogP contribution is -2.03. The van der Waals surface area contributed by atoms with Gasteiger partial charge in [-0.1, -0.05) is 23.7 Å². The third kappa shape index (κ3) is 3.27. The third-order valence-electron chi connectivity index (χ3n) is 2.93.